The van der Waals surface area contributed by atoms with E-state index in [1.165, 1.54) is 12.1 Å². The van der Waals surface area contributed by atoms with E-state index in [9.17, 15) is 10.1 Å². The van der Waals surface area contributed by atoms with Gasteiger partial charge in [-0.25, -0.2) is 4.98 Å². The predicted molar refractivity (Wildman–Crippen MR) is 78.0 cm³/mol. The van der Waals surface area contributed by atoms with Crippen LogP contribution >= 0.6 is 0 Å². The molecule has 1 N–H and O–H groups in total. The number of hydrogen-bond acceptors (Lipinski definition) is 5. The van der Waals surface area contributed by atoms with E-state index in [1.807, 2.05) is 19.1 Å². The Labute approximate surface area is 116 Å². The first-order chi connectivity index (χ1) is 9.65. The first kappa shape index (κ1) is 14.2. The monoisotopic (exact) mass is 275 g/mol. The fraction of sp³-hybridized carbons (Fsp3) is 0.357. The molecule has 6 heteroatoms. The highest BCUT2D eigenvalue weighted by Crippen LogP contribution is 2.22. The summed E-state index contributed by atoms with van der Waals surface area (Å²) in [5.41, 5.74) is 0.801. The van der Waals surface area contributed by atoms with Crippen LogP contribution in [0.3, 0.4) is 0 Å². The smallest absolute Gasteiger partial charge is 0.270 e. The summed E-state index contributed by atoms with van der Waals surface area (Å²) in [6.07, 6.45) is 0.688. The molecule has 0 saturated carbocycles. The number of nitro benzene ring substituents is 1. The van der Waals surface area contributed by atoms with E-state index in [-0.39, 0.29) is 12.3 Å². The van der Waals surface area contributed by atoms with Crippen LogP contribution in [0.5, 0.6) is 0 Å². The highest BCUT2D eigenvalue weighted by molar-refractivity contribution is 5.82. The van der Waals surface area contributed by atoms with Gasteiger partial charge < -0.3 is 10.0 Å². The van der Waals surface area contributed by atoms with Gasteiger partial charge >= 0.3 is 0 Å². The summed E-state index contributed by atoms with van der Waals surface area (Å²) in [5, 5.41) is 20.4. The van der Waals surface area contributed by atoms with Crippen LogP contribution in [-0.2, 0) is 0 Å². The molecule has 0 aliphatic carbocycles. The summed E-state index contributed by atoms with van der Waals surface area (Å²) in [6, 6.07) is 8.34. The molecule has 106 valence electrons. The number of non-ortho nitro benzene ring substituents is 1. The van der Waals surface area contributed by atoms with Gasteiger partial charge in [0.05, 0.1) is 10.4 Å². The van der Waals surface area contributed by atoms with Crippen LogP contribution in [0.25, 0.3) is 10.9 Å². The molecule has 2 aromatic rings. The van der Waals surface area contributed by atoms with Crippen molar-refractivity contribution in [3.8, 4) is 0 Å². The zero-order valence-corrected chi connectivity index (χ0v) is 11.3. The van der Waals surface area contributed by atoms with Gasteiger partial charge in [-0.1, -0.05) is 0 Å². The Hall–Kier alpha value is -2.21. The molecular weight excluding hydrogens is 258 g/mol. The number of aliphatic hydroxyl groups is 1. The molecule has 0 amide bonds. The molecule has 1 heterocycles. The second-order valence-electron chi connectivity index (χ2n) is 4.46. The average molecular weight is 275 g/mol. The summed E-state index contributed by atoms with van der Waals surface area (Å²) in [6.45, 7) is 3.71. The normalized spacial score (nSPS) is 10.7. The third kappa shape index (κ3) is 3.03. The highest BCUT2D eigenvalue weighted by atomic mass is 16.6. The van der Waals surface area contributed by atoms with Crippen molar-refractivity contribution in [3.63, 3.8) is 0 Å². The van der Waals surface area contributed by atoms with Crippen molar-refractivity contribution in [2.24, 2.45) is 0 Å². The number of fused-ring (bicyclic) bond motifs is 1. The standard InChI is InChI=1S/C14H17N3O3/c1-2-16(8-3-9-18)14-7-4-11-10-12(17(19)20)5-6-13(11)15-14/h4-7,10,18H,2-3,8-9H2,1H3. The minimum absolute atomic E-state index is 0.0691. The second kappa shape index (κ2) is 6.29. The molecule has 20 heavy (non-hydrogen) atoms. The number of hydrogen-bond donors (Lipinski definition) is 1. The van der Waals surface area contributed by atoms with Crippen molar-refractivity contribution in [2.45, 2.75) is 13.3 Å². The van der Waals surface area contributed by atoms with Gasteiger partial charge in [0.25, 0.3) is 5.69 Å². The van der Waals surface area contributed by atoms with E-state index in [0.717, 1.165) is 29.8 Å². The number of pyridine rings is 1. The number of rotatable bonds is 6. The van der Waals surface area contributed by atoms with Crippen LogP contribution in [0, 0.1) is 10.1 Å². The lowest BCUT2D eigenvalue weighted by Gasteiger charge is -2.21. The van der Waals surface area contributed by atoms with Gasteiger partial charge in [-0.2, -0.15) is 0 Å². The first-order valence-electron chi connectivity index (χ1n) is 6.56. The lowest BCUT2D eigenvalue weighted by molar-refractivity contribution is -0.384. The summed E-state index contributed by atoms with van der Waals surface area (Å²) in [4.78, 5) is 16.9. The van der Waals surface area contributed by atoms with E-state index in [2.05, 4.69) is 9.88 Å². The molecule has 0 saturated heterocycles. The van der Waals surface area contributed by atoms with Crippen molar-refractivity contribution in [1.29, 1.82) is 0 Å². The Morgan fingerprint density at radius 1 is 1.35 bits per heavy atom. The van der Waals surface area contributed by atoms with Crippen molar-refractivity contribution in [2.75, 3.05) is 24.6 Å². The molecule has 0 aliphatic heterocycles. The first-order valence-corrected chi connectivity index (χ1v) is 6.56. The fourth-order valence-corrected chi connectivity index (χ4v) is 2.09. The molecule has 6 nitrogen and oxygen atoms in total. The number of nitro groups is 1. The van der Waals surface area contributed by atoms with Gasteiger partial charge in [0.15, 0.2) is 0 Å². The van der Waals surface area contributed by atoms with Crippen LogP contribution in [0.4, 0.5) is 11.5 Å². The highest BCUT2D eigenvalue weighted by Gasteiger charge is 2.09. The molecule has 1 aromatic heterocycles. The summed E-state index contributed by atoms with van der Waals surface area (Å²) in [5.74, 6) is 0.822. The van der Waals surface area contributed by atoms with Gasteiger partial charge in [0.2, 0.25) is 0 Å². The van der Waals surface area contributed by atoms with Crippen LogP contribution in [-0.4, -0.2) is 34.7 Å². The maximum atomic E-state index is 10.7. The minimum Gasteiger partial charge on any atom is -0.396 e. The van der Waals surface area contributed by atoms with Gasteiger partial charge in [-0.15, -0.1) is 0 Å². The van der Waals surface area contributed by atoms with Gasteiger partial charge in [0.1, 0.15) is 5.82 Å². The average Bonchev–Trinajstić information content (AvgIpc) is 2.47. The van der Waals surface area contributed by atoms with Crippen LogP contribution < -0.4 is 4.90 Å². The molecule has 0 spiro atoms. The Kier molecular flexibility index (Phi) is 4.47. The maximum absolute atomic E-state index is 10.7. The molecule has 0 atom stereocenters. The zero-order chi connectivity index (χ0) is 14.5. The molecule has 0 radical (unpaired) electrons. The lowest BCUT2D eigenvalue weighted by atomic mass is 10.2. The van der Waals surface area contributed by atoms with E-state index in [4.69, 9.17) is 5.11 Å². The SMILES string of the molecule is CCN(CCCO)c1ccc2cc([N+](=O)[O-])ccc2n1. The van der Waals surface area contributed by atoms with Crippen LogP contribution in [0.1, 0.15) is 13.3 Å². The molecule has 1 aromatic carbocycles. The minimum atomic E-state index is -0.410. The molecular formula is C14H17N3O3. The largest absolute Gasteiger partial charge is 0.396 e. The second-order valence-corrected chi connectivity index (χ2v) is 4.46. The third-order valence-corrected chi connectivity index (χ3v) is 3.16. The topological polar surface area (TPSA) is 79.5 Å². The van der Waals surface area contributed by atoms with Gasteiger partial charge in [-0.05, 0) is 31.5 Å². The Balaban J connectivity index is 2.33. The molecule has 0 aliphatic rings. The van der Waals surface area contributed by atoms with Crippen molar-refractivity contribution < 1.29 is 10.0 Å². The number of benzene rings is 1. The Morgan fingerprint density at radius 3 is 2.80 bits per heavy atom. The summed E-state index contributed by atoms with van der Waals surface area (Å²) in [7, 11) is 0. The lowest BCUT2D eigenvalue weighted by Crippen LogP contribution is -2.25. The molecule has 2 rings (SSSR count). The molecule has 0 bridgehead atoms. The fourth-order valence-electron chi connectivity index (χ4n) is 2.09. The number of anilines is 1. The van der Waals surface area contributed by atoms with Crippen molar-refractivity contribution in [1.82, 2.24) is 4.98 Å². The molecule has 0 unspecified atom stereocenters. The number of aromatic nitrogens is 1. The zero-order valence-electron chi connectivity index (χ0n) is 11.3. The quantitative estimate of drug-likeness (QED) is 0.646. The van der Waals surface area contributed by atoms with Gasteiger partial charge in [0, 0.05) is 37.2 Å². The van der Waals surface area contributed by atoms with E-state index < -0.39 is 4.92 Å². The summed E-state index contributed by atoms with van der Waals surface area (Å²) >= 11 is 0. The van der Waals surface area contributed by atoms with Crippen LogP contribution in [0.2, 0.25) is 0 Å². The molecule has 0 fully saturated rings. The van der Waals surface area contributed by atoms with Crippen LogP contribution in [0.15, 0.2) is 30.3 Å². The number of nitrogens with zero attached hydrogens (tertiary/aromatic N) is 3. The van der Waals surface area contributed by atoms with Crippen molar-refractivity contribution >= 4 is 22.4 Å². The predicted octanol–water partition coefficient (Wildman–Crippen LogP) is 2.35. The van der Waals surface area contributed by atoms with Crippen molar-refractivity contribution in [3.05, 3.63) is 40.4 Å². The van der Waals surface area contributed by atoms with Gasteiger partial charge in [-0.3, -0.25) is 10.1 Å². The summed E-state index contributed by atoms with van der Waals surface area (Å²) < 4.78 is 0. The maximum Gasteiger partial charge on any atom is 0.270 e. The Morgan fingerprint density at radius 2 is 2.15 bits per heavy atom. The van der Waals surface area contributed by atoms with E-state index in [1.54, 1.807) is 6.07 Å². The Bertz CT molecular complexity index is 616. The van der Waals surface area contributed by atoms with E-state index >= 15 is 0 Å². The van der Waals surface area contributed by atoms with E-state index in [0.29, 0.717) is 6.42 Å². The number of aliphatic hydroxyl groups excluding tert-OH is 1. The third-order valence-electron chi connectivity index (χ3n) is 3.16.